The zero-order valence-electron chi connectivity index (χ0n) is 14.6. The lowest BCUT2D eigenvalue weighted by molar-refractivity contribution is 0.0472. The number of ketones is 1. The molecule has 2 aromatic rings. The zero-order valence-corrected chi connectivity index (χ0v) is 18.5. The van der Waals surface area contributed by atoms with Gasteiger partial charge in [0.1, 0.15) is 0 Å². The van der Waals surface area contributed by atoms with Gasteiger partial charge in [0.15, 0.2) is 23.9 Å². The summed E-state index contributed by atoms with van der Waals surface area (Å²) in [6.45, 7) is -0.435. The standard InChI is InChI=1S/C18H15Br2ClO6/c1-24-15-13(19)12(14(20)16(25-2)17(15)26-3)18(23)27-8-11(22)9-4-6-10(21)7-5-9/h4-7H,8H2,1-3H3. The van der Waals surface area contributed by atoms with E-state index in [4.69, 9.17) is 30.5 Å². The Kier molecular flexibility index (Phi) is 7.52. The monoisotopic (exact) mass is 520 g/mol. The molecule has 0 saturated heterocycles. The minimum absolute atomic E-state index is 0.105. The van der Waals surface area contributed by atoms with Crippen molar-refractivity contribution in [1.29, 1.82) is 0 Å². The summed E-state index contributed by atoms with van der Waals surface area (Å²) in [6.07, 6.45) is 0. The summed E-state index contributed by atoms with van der Waals surface area (Å²) in [6, 6.07) is 6.29. The maximum absolute atomic E-state index is 12.6. The lowest BCUT2D eigenvalue weighted by Gasteiger charge is -2.18. The van der Waals surface area contributed by atoms with Gasteiger partial charge in [0.05, 0.1) is 35.8 Å². The van der Waals surface area contributed by atoms with Crippen molar-refractivity contribution in [3.8, 4) is 17.2 Å². The summed E-state index contributed by atoms with van der Waals surface area (Å²) >= 11 is 12.4. The van der Waals surface area contributed by atoms with Crippen LogP contribution in [0.2, 0.25) is 5.02 Å². The number of esters is 1. The molecule has 0 fully saturated rings. The van der Waals surface area contributed by atoms with Crippen LogP contribution in [-0.2, 0) is 4.74 Å². The van der Waals surface area contributed by atoms with Gasteiger partial charge in [-0.1, -0.05) is 11.6 Å². The van der Waals surface area contributed by atoms with E-state index in [0.717, 1.165) is 0 Å². The Labute approximate surface area is 177 Å². The van der Waals surface area contributed by atoms with Gasteiger partial charge in [-0.15, -0.1) is 0 Å². The Bertz CT molecular complexity index is 836. The summed E-state index contributed by atoms with van der Waals surface area (Å²) in [5, 5.41) is 0.508. The lowest BCUT2D eigenvalue weighted by atomic mass is 10.1. The van der Waals surface area contributed by atoms with Gasteiger partial charge in [0.25, 0.3) is 0 Å². The molecular formula is C18H15Br2ClO6. The van der Waals surface area contributed by atoms with Gasteiger partial charge in [0.2, 0.25) is 5.75 Å². The predicted octanol–water partition coefficient (Wildman–Crippen LogP) is 4.93. The minimum Gasteiger partial charge on any atom is -0.492 e. The van der Waals surface area contributed by atoms with E-state index in [-0.39, 0.29) is 22.8 Å². The highest BCUT2D eigenvalue weighted by Gasteiger charge is 2.29. The Morgan fingerprint density at radius 3 is 1.81 bits per heavy atom. The second-order valence-corrected chi connectivity index (χ2v) is 7.13. The maximum Gasteiger partial charge on any atom is 0.341 e. The molecule has 2 aromatic carbocycles. The normalized spacial score (nSPS) is 10.3. The van der Waals surface area contributed by atoms with Crippen LogP contribution < -0.4 is 14.2 Å². The fraction of sp³-hybridized carbons (Fsp3) is 0.222. The fourth-order valence-electron chi connectivity index (χ4n) is 2.28. The van der Waals surface area contributed by atoms with Crippen LogP contribution in [0.25, 0.3) is 0 Å². The summed E-state index contributed by atoms with van der Waals surface area (Å²) < 4.78 is 21.7. The lowest BCUT2D eigenvalue weighted by Crippen LogP contribution is -2.16. The minimum atomic E-state index is -0.740. The molecule has 0 saturated carbocycles. The van der Waals surface area contributed by atoms with Crippen LogP contribution in [0.3, 0.4) is 0 Å². The molecule has 0 radical (unpaired) electrons. The quantitative estimate of drug-likeness (QED) is 0.379. The Hall–Kier alpha value is -1.77. The Balaban J connectivity index is 2.30. The molecule has 0 aromatic heterocycles. The van der Waals surface area contributed by atoms with Crippen LogP contribution in [0.15, 0.2) is 33.2 Å². The maximum atomic E-state index is 12.6. The Morgan fingerprint density at radius 2 is 1.37 bits per heavy atom. The number of ether oxygens (including phenoxy) is 4. The van der Waals surface area contributed by atoms with Crippen LogP contribution in [0, 0.1) is 0 Å². The van der Waals surface area contributed by atoms with E-state index in [1.54, 1.807) is 24.3 Å². The smallest absolute Gasteiger partial charge is 0.341 e. The van der Waals surface area contributed by atoms with E-state index in [1.807, 2.05) is 0 Å². The van der Waals surface area contributed by atoms with Crippen molar-refractivity contribution in [3.63, 3.8) is 0 Å². The van der Waals surface area contributed by atoms with Crippen molar-refractivity contribution in [2.24, 2.45) is 0 Å². The number of halogens is 3. The van der Waals surface area contributed by atoms with Crippen LogP contribution in [0.1, 0.15) is 20.7 Å². The number of Topliss-reactive ketones (excluding diaryl/α,β-unsaturated/α-hetero) is 1. The van der Waals surface area contributed by atoms with Gasteiger partial charge >= 0.3 is 5.97 Å². The first kappa shape index (κ1) is 21.5. The summed E-state index contributed by atoms with van der Waals surface area (Å²) in [5.74, 6) is -0.287. The van der Waals surface area contributed by atoms with Gasteiger partial charge < -0.3 is 18.9 Å². The SMILES string of the molecule is COc1c(Br)c(C(=O)OCC(=O)c2ccc(Cl)cc2)c(Br)c(OC)c1OC. The average Bonchev–Trinajstić information content (AvgIpc) is 2.66. The molecule has 144 valence electrons. The first-order valence-electron chi connectivity index (χ1n) is 7.48. The second kappa shape index (κ2) is 9.43. The molecule has 6 nitrogen and oxygen atoms in total. The molecule has 0 amide bonds. The number of rotatable bonds is 7. The summed E-state index contributed by atoms with van der Waals surface area (Å²) in [7, 11) is 4.30. The van der Waals surface area contributed by atoms with Crippen LogP contribution in [0.5, 0.6) is 17.2 Å². The number of carbonyl (C=O) groups is 2. The highest BCUT2D eigenvalue weighted by Crippen LogP contribution is 2.50. The van der Waals surface area contributed by atoms with Crippen molar-refractivity contribution in [2.45, 2.75) is 0 Å². The molecule has 0 atom stereocenters. The number of carbonyl (C=O) groups excluding carboxylic acids is 2. The molecule has 2 rings (SSSR count). The van der Waals surface area contributed by atoms with Gasteiger partial charge in [-0.05, 0) is 56.1 Å². The molecule has 0 N–H and O–H groups in total. The Morgan fingerprint density at radius 1 is 0.889 bits per heavy atom. The van der Waals surface area contributed by atoms with E-state index in [1.165, 1.54) is 21.3 Å². The van der Waals surface area contributed by atoms with Gasteiger partial charge in [0, 0.05) is 10.6 Å². The topological polar surface area (TPSA) is 71.1 Å². The van der Waals surface area contributed by atoms with E-state index >= 15 is 0 Å². The van der Waals surface area contributed by atoms with Gasteiger partial charge in [-0.2, -0.15) is 0 Å². The summed E-state index contributed by atoms with van der Waals surface area (Å²) in [5.41, 5.74) is 0.489. The van der Waals surface area contributed by atoms with Crippen molar-refractivity contribution >= 4 is 55.2 Å². The van der Waals surface area contributed by atoms with E-state index in [2.05, 4.69) is 31.9 Å². The van der Waals surface area contributed by atoms with Crippen LogP contribution in [-0.4, -0.2) is 39.7 Å². The van der Waals surface area contributed by atoms with Crippen molar-refractivity contribution in [1.82, 2.24) is 0 Å². The van der Waals surface area contributed by atoms with Crippen molar-refractivity contribution in [2.75, 3.05) is 27.9 Å². The van der Waals surface area contributed by atoms with Gasteiger partial charge in [-0.3, -0.25) is 4.79 Å². The third-order valence-electron chi connectivity index (χ3n) is 3.57. The molecular weight excluding hydrogens is 507 g/mol. The molecule has 0 bridgehead atoms. The molecule has 9 heteroatoms. The number of benzene rings is 2. The second-order valence-electron chi connectivity index (χ2n) is 5.11. The number of methoxy groups -OCH3 is 3. The highest BCUT2D eigenvalue weighted by atomic mass is 79.9. The number of hydrogen-bond acceptors (Lipinski definition) is 6. The fourth-order valence-corrected chi connectivity index (χ4v) is 4.07. The van der Waals surface area contributed by atoms with E-state index < -0.39 is 12.6 Å². The zero-order chi connectivity index (χ0) is 20.1. The van der Waals surface area contributed by atoms with E-state index in [9.17, 15) is 9.59 Å². The third-order valence-corrected chi connectivity index (χ3v) is 5.33. The molecule has 0 aliphatic rings. The van der Waals surface area contributed by atoms with Gasteiger partial charge in [-0.25, -0.2) is 4.79 Å². The largest absolute Gasteiger partial charge is 0.492 e. The first-order valence-corrected chi connectivity index (χ1v) is 9.44. The molecule has 0 aliphatic heterocycles. The first-order chi connectivity index (χ1) is 12.8. The summed E-state index contributed by atoms with van der Waals surface area (Å²) in [4.78, 5) is 24.8. The molecule has 0 heterocycles. The highest BCUT2D eigenvalue weighted by molar-refractivity contribution is 9.11. The number of hydrogen-bond donors (Lipinski definition) is 0. The predicted molar refractivity (Wildman–Crippen MR) is 108 cm³/mol. The molecule has 0 spiro atoms. The van der Waals surface area contributed by atoms with Crippen molar-refractivity contribution in [3.05, 3.63) is 49.4 Å². The van der Waals surface area contributed by atoms with Crippen molar-refractivity contribution < 1.29 is 28.5 Å². The molecule has 0 aliphatic carbocycles. The molecule has 0 unspecified atom stereocenters. The molecule has 27 heavy (non-hydrogen) atoms. The third kappa shape index (κ3) is 4.56. The van der Waals surface area contributed by atoms with E-state index in [0.29, 0.717) is 25.3 Å². The van der Waals surface area contributed by atoms with Crippen LogP contribution >= 0.6 is 43.5 Å². The van der Waals surface area contributed by atoms with Crippen LogP contribution in [0.4, 0.5) is 0 Å². The average molecular weight is 523 g/mol.